The van der Waals surface area contributed by atoms with E-state index in [2.05, 4.69) is 10.2 Å². The molecule has 0 unspecified atom stereocenters. The first kappa shape index (κ1) is 13.5. The molecule has 2 aromatic rings. The number of hydrogen-bond acceptors (Lipinski definition) is 5. The normalized spacial score (nSPS) is 10.5. The van der Waals surface area contributed by atoms with Crippen molar-refractivity contribution in [1.82, 2.24) is 10.2 Å². The maximum atomic E-state index is 9.31. The number of aliphatic hydroxyl groups is 2. The second kappa shape index (κ2) is 6.26. The van der Waals surface area contributed by atoms with Gasteiger partial charge in [0.25, 0.3) is 0 Å². The molecule has 19 heavy (non-hydrogen) atoms. The van der Waals surface area contributed by atoms with Crippen LogP contribution in [0.3, 0.4) is 0 Å². The van der Waals surface area contributed by atoms with Crippen molar-refractivity contribution < 1.29 is 10.2 Å². The summed E-state index contributed by atoms with van der Waals surface area (Å²) in [5.74, 6) is 0.708. The third-order valence-electron chi connectivity index (χ3n) is 2.94. The van der Waals surface area contributed by atoms with Crippen LogP contribution in [0.2, 0.25) is 0 Å². The van der Waals surface area contributed by atoms with Gasteiger partial charge in [-0.25, -0.2) is 0 Å². The first-order chi connectivity index (χ1) is 9.26. The van der Waals surface area contributed by atoms with Crippen LogP contribution < -0.4 is 4.90 Å². The molecule has 5 nitrogen and oxygen atoms in total. The molecule has 1 aromatic carbocycles. The third kappa shape index (κ3) is 3.07. The van der Waals surface area contributed by atoms with Crippen LogP contribution in [-0.4, -0.2) is 40.6 Å². The summed E-state index contributed by atoms with van der Waals surface area (Å²) in [6, 6.07) is 11.3. The average Bonchev–Trinajstić information content (AvgIpc) is 2.47. The summed E-state index contributed by atoms with van der Waals surface area (Å²) in [6.07, 6.45) is 0. The van der Waals surface area contributed by atoms with Gasteiger partial charge in [-0.2, -0.15) is 0 Å². The molecule has 0 fully saturated rings. The van der Waals surface area contributed by atoms with E-state index in [-0.39, 0.29) is 13.2 Å². The Labute approximate surface area is 112 Å². The Morgan fingerprint density at radius 1 is 1.05 bits per heavy atom. The smallest absolute Gasteiger partial charge is 0.151 e. The van der Waals surface area contributed by atoms with Crippen molar-refractivity contribution in [3.8, 4) is 11.3 Å². The van der Waals surface area contributed by atoms with Crippen molar-refractivity contribution in [2.24, 2.45) is 0 Å². The molecule has 0 aliphatic carbocycles. The van der Waals surface area contributed by atoms with Crippen LogP contribution in [0.25, 0.3) is 11.3 Å². The summed E-state index contributed by atoms with van der Waals surface area (Å²) in [4.78, 5) is 1.83. The van der Waals surface area contributed by atoms with E-state index in [1.165, 1.54) is 0 Å². The fraction of sp³-hybridized carbons (Fsp3) is 0.286. The standard InChI is InChI=1S/C14H17N3O2/c1-17(8-9-18)14-7-6-13(15-16-14)12-5-3-2-4-11(12)10-19/h2-7,18-19H,8-10H2,1H3. The second-order valence-electron chi connectivity index (χ2n) is 4.24. The summed E-state index contributed by atoms with van der Waals surface area (Å²) < 4.78 is 0. The Balaban J connectivity index is 2.27. The molecule has 2 N–H and O–H groups in total. The van der Waals surface area contributed by atoms with E-state index >= 15 is 0 Å². The third-order valence-corrected chi connectivity index (χ3v) is 2.94. The number of likely N-dealkylation sites (N-methyl/N-ethyl adjacent to an activating group) is 1. The predicted octanol–water partition coefficient (Wildman–Crippen LogP) is 1.06. The molecule has 2 rings (SSSR count). The Morgan fingerprint density at radius 2 is 1.84 bits per heavy atom. The molecular formula is C14H17N3O2. The SMILES string of the molecule is CN(CCO)c1ccc(-c2ccccc2CO)nn1. The van der Waals surface area contributed by atoms with Gasteiger partial charge in [0.2, 0.25) is 0 Å². The van der Waals surface area contributed by atoms with Crippen molar-refractivity contribution in [2.45, 2.75) is 6.61 Å². The number of aliphatic hydroxyl groups excluding tert-OH is 2. The van der Waals surface area contributed by atoms with Gasteiger partial charge in [-0.1, -0.05) is 24.3 Å². The van der Waals surface area contributed by atoms with Gasteiger partial charge in [0.05, 0.1) is 18.9 Å². The van der Waals surface area contributed by atoms with Crippen molar-refractivity contribution >= 4 is 5.82 Å². The lowest BCUT2D eigenvalue weighted by Crippen LogP contribution is -2.22. The highest BCUT2D eigenvalue weighted by molar-refractivity contribution is 5.63. The van der Waals surface area contributed by atoms with Gasteiger partial charge in [-0.05, 0) is 17.7 Å². The maximum absolute atomic E-state index is 9.31. The molecule has 0 aliphatic heterocycles. The van der Waals surface area contributed by atoms with Gasteiger partial charge in [-0.3, -0.25) is 0 Å². The van der Waals surface area contributed by atoms with E-state index in [0.29, 0.717) is 12.4 Å². The Kier molecular flexibility index (Phi) is 4.43. The van der Waals surface area contributed by atoms with Crippen LogP contribution in [0.1, 0.15) is 5.56 Å². The summed E-state index contributed by atoms with van der Waals surface area (Å²) in [6.45, 7) is 0.568. The van der Waals surface area contributed by atoms with Gasteiger partial charge in [0.15, 0.2) is 5.82 Å². The minimum atomic E-state index is -0.0238. The number of rotatable bonds is 5. The molecule has 1 aromatic heterocycles. The molecule has 100 valence electrons. The molecule has 0 amide bonds. The van der Waals surface area contributed by atoms with E-state index in [1.807, 2.05) is 48.3 Å². The van der Waals surface area contributed by atoms with Crippen molar-refractivity contribution in [3.05, 3.63) is 42.0 Å². The molecule has 0 saturated carbocycles. The highest BCUT2D eigenvalue weighted by Crippen LogP contribution is 2.22. The number of benzene rings is 1. The zero-order valence-corrected chi connectivity index (χ0v) is 10.8. The van der Waals surface area contributed by atoms with Gasteiger partial charge in [0, 0.05) is 19.2 Å². The van der Waals surface area contributed by atoms with Gasteiger partial charge < -0.3 is 15.1 Å². The fourth-order valence-electron chi connectivity index (χ4n) is 1.85. The van der Waals surface area contributed by atoms with Crippen LogP contribution in [-0.2, 0) is 6.61 Å². The van der Waals surface area contributed by atoms with Crippen LogP contribution in [0.15, 0.2) is 36.4 Å². The molecule has 0 spiro atoms. The largest absolute Gasteiger partial charge is 0.395 e. The van der Waals surface area contributed by atoms with E-state index in [4.69, 9.17) is 5.11 Å². The Bertz CT molecular complexity index is 528. The molecule has 1 heterocycles. The van der Waals surface area contributed by atoms with Gasteiger partial charge >= 0.3 is 0 Å². The number of hydrogen-bond donors (Lipinski definition) is 2. The summed E-state index contributed by atoms with van der Waals surface area (Å²) in [7, 11) is 1.85. The summed E-state index contributed by atoms with van der Waals surface area (Å²) in [5, 5.41) is 26.5. The number of anilines is 1. The number of aromatic nitrogens is 2. The Hall–Kier alpha value is -1.98. The lowest BCUT2D eigenvalue weighted by atomic mass is 10.1. The van der Waals surface area contributed by atoms with E-state index < -0.39 is 0 Å². The summed E-state index contributed by atoms with van der Waals surface area (Å²) >= 11 is 0. The maximum Gasteiger partial charge on any atom is 0.151 e. The highest BCUT2D eigenvalue weighted by atomic mass is 16.3. The molecule has 0 radical (unpaired) electrons. The van der Waals surface area contributed by atoms with E-state index in [0.717, 1.165) is 16.8 Å². The molecule has 0 saturated heterocycles. The topological polar surface area (TPSA) is 69.5 Å². The molecule has 5 heteroatoms. The summed E-state index contributed by atoms with van der Waals surface area (Å²) in [5.41, 5.74) is 2.44. The lowest BCUT2D eigenvalue weighted by Gasteiger charge is -2.16. The first-order valence-corrected chi connectivity index (χ1v) is 6.11. The quantitative estimate of drug-likeness (QED) is 0.840. The number of nitrogens with zero attached hydrogens (tertiary/aromatic N) is 3. The second-order valence-corrected chi connectivity index (χ2v) is 4.24. The van der Waals surface area contributed by atoms with Gasteiger partial charge in [-0.15, -0.1) is 10.2 Å². The highest BCUT2D eigenvalue weighted by Gasteiger charge is 2.07. The van der Waals surface area contributed by atoms with Crippen LogP contribution in [0.4, 0.5) is 5.82 Å². The predicted molar refractivity (Wildman–Crippen MR) is 73.7 cm³/mol. The van der Waals surface area contributed by atoms with Crippen molar-refractivity contribution in [3.63, 3.8) is 0 Å². The van der Waals surface area contributed by atoms with Crippen molar-refractivity contribution in [1.29, 1.82) is 0 Å². The molecule has 0 atom stereocenters. The zero-order valence-electron chi connectivity index (χ0n) is 10.8. The molecule has 0 bridgehead atoms. The van der Waals surface area contributed by atoms with Gasteiger partial charge in [0.1, 0.15) is 0 Å². The average molecular weight is 259 g/mol. The fourth-order valence-corrected chi connectivity index (χ4v) is 1.85. The molecule has 0 aliphatic rings. The zero-order chi connectivity index (χ0) is 13.7. The van der Waals surface area contributed by atoms with Crippen LogP contribution in [0, 0.1) is 0 Å². The monoisotopic (exact) mass is 259 g/mol. The Morgan fingerprint density at radius 3 is 2.47 bits per heavy atom. The first-order valence-electron chi connectivity index (χ1n) is 6.11. The lowest BCUT2D eigenvalue weighted by molar-refractivity contribution is 0.282. The molecular weight excluding hydrogens is 242 g/mol. The van der Waals surface area contributed by atoms with Crippen LogP contribution >= 0.6 is 0 Å². The minimum absolute atomic E-state index is 0.0238. The van der Waals surface area contributed by atoms with Crippen LogP contribution in [0.5, 0.6) is 0 Å². The van der Waals surface area contributed by atoms with E-state index in [9.17, 15) is 5.11 Å². The van der Waals surface area contributed by atoms with E-state index in [1.54, 1.807) is 0 Å². The minimum Gasteiger partial charge on any atom is -0.395 e. The van der Waals surface area contributed by atoms with Crippen molar-refractivity contribution in [2.75, 3.05) is 25.1 Å².